The summed E-state index contributed by atoms with van der Waals surface area (Å²) in [6, 6.07) is 10.3. The van der Waals surface area contributed by atoms with Crippen molar-refractivity contribution in [1.82, 2.24) is 14.7 Å². The summed E-state index contributed by atoms with van der Waals surface area (Å²) in [7, 11) is 0. The molecule has 4 heteroatoms. The molecule has 2 rings (SSSR count). The van der Waals surface area contributed by atoms with E-state index in [0.29, 0.717) is 0 Å². The fraction of sp³-hybridized carbons (Fsp3) is 0.438. The molecule has 0 aliphatic heterocycles. The van der Waals surface area contributed by atoms with Gasteiger partial charge in [0, 0.05) is 25.3 Å². The van der Waals surface area contributed by atoms with Crippen LogP contribution in [0.25, 0.3) is 0 Å². The second-order valence-electron chi connectivity index (χ2n) is 5.14. The lowest BCUT2D eigenvalue weighted by Crippen LogP contribution is -2.24. The number of nitrogens with zero attached hydrogens (tertiary/aromatic N) is 3. The van der Waals surface area contributed by atoms with Crippen molar-refractivity contribution in [2.75, 3.05) is 12.3 Å². The van der Waals surface area contributed by atoms with Gasteiger partial charge in [-0.2, -0.15) is 5.10 Å². The number of nitrogens with two attached hydrogens (primary N) is 1. The van der Waals surface area contributed by atoms with Crippen LogP contribution in [0.15, 0.2) is 30.3 Å². The highest BCUT2D eigenvalue weighted by atomic mass is 15.3. The average Bonchev–Trinajstić information content (AvgIpc) is 2.78. The smallest absolute Gasteiger partial charge is 0.0597 e. The van der Waals surface area contributed by atoms with E-state index in [0.717, 1.165) is 37.6 Å². The third-order valence-electron chi connectivity index (χ3n) is 3.48. The van der Waals surface area contributed by atoms with Crippen molar-refractivity contribution in [3.63, 3.8) is 0 Å². The minimum atomic E-state index is 0.827. The monoisotopic (exact) mass is 272 g/mol. The predicted molar refractivity (Wildman–Crippen MR) is 83.3 cm³/mol. The Bertz CT molecular complexity index is 559. The Balaban J connectivity index is 2.08. The first kappa shape index (κ1) is 14.6. The molecule has 0 unspecified atom stereocenters. The molecule has 2 aromatic rings. The van der Waals surface area contributed by atoms with Crippen LogP contribution in [0.1, 0.15) is 30.8 Å². The van der Waals surface area contributed by atoms with Crippen molar-refractivity contribution >= 4 is 5.69 Å². The quantitative estimate of drug-likeness (QED) is 0.823. The van der Waals surface area contributed by atoms with Gasteiger partial charge in [-0.15, -0.1) is 0 Å². The normalized spacial score (nSPS) is 11.2. The first-order chi connectivity index (χ1) is 9.62. The van der Waals surface area contributed by atoms with Crippen molar-refractivity contribution in [2.24, 2.45) is 0 Å². The molecular formula is C16H24N4. The van der Waals surface area contributed by atoms with Gasteiger partial charge < -0.3 is 5.73 Å². The lowest BCUT2D eigenvalue weighted by Gasteiger charge is -2.21. The third kappa shape index (κ3) is 3.61. The summed E-state index contributed by atoms with van der Waals surface area (Å²) in [5.74, 6) is 0. The SMILES string of the molecule is CCN(Cc1cccc(N)c1)Cc1cc(C)nn1CC. The Hall–Kier alpha value is -1.81. The van der Waals surface area contributed by atoms with Crippen LogP contribution in [-0.4, -0.2) is 21.2 Å². The molecule has 0 aliphatic rings. The lowest BCUT2D eigenvalue weighted by atomic mass is 10.2. The maximum Gasteiger partial charge on any atom is 0.0597 e. The topological polar surface area (TPSA) is 47.1 Å². The summed E-state index contributed by atoms with van der Waals surface area (Å²) >= 11 is 0. The largest absolute Gasteiger partial charge is 0.399 e. The van der Waals surface area contributed by atoms with Crippen molar-refractivity contribution in [1.29, 1.82) is 0 Å². The third-order valence-corrected chi connectivity index (χ3v) is 3.48. The van der Waals surface area contributed by atoms with E-state index in [-0.39, 0.29) is 0 Å². The van der Waals surface area contributed by atoms with E-state index in [2.05, 4.69) is 40.7 Å². The number of aromatic nitrogens is 2. The molecule has 0 saturated heterocycles. The second kappa shape index (κ2) is 6.57. The van der Waals surface area contributed by atoms with Gasteiger partial charge in [0.05, 0.1) is 11.4 Å². The summed E-state index contributed by atoms with van der Waals surface area (Å²) in [5, 5.41) is 4.51. The van der Waals surface area contributed by atoms with Crippen molar-refractivity contribution in [3.8, 4) is 0 Å². The van der Waals surface area contributed by atoms with Crippen LogP contribution in [-0.2, 0) is 19.6 Å². The van der Waals surface area contributed by atoms with Gasteiger partial charge in [0.2, 0.25) is 0 Å². The number of anilines is 1. The van der Waals surface area contributed by atoms with Crippen molar-refractivity contribution in [3.05, 3.63) is 47.3 Å². The van der Waals surface area contributed by atoms with Gasteiger partial charge in [0.25, 0.3) is 0 Å². The highest BCUT2D eigenvalue weighted by Gasteiger charge is 2.10. The molecule has 2 N–H and O–H groups in total. The van der Waals surface area contributed by atoms with Crippen LogP contribution in [0.3, 0.4) is 0 Å². The second-order valence-corrected chi connectivity index (χ2v) is 5.14. The number of benzene rings is 1. The number of hydrogen-bond donors (Lipinski definition) is 1. The molecule has 0 bridgehead atoms. The Morgan fingerprint density at radius 1 is 1.20 bits per heavy atom. The van der Waals surface area contributed by atoms with Gasteiger partial charge in [-0.1, -0.05) is 19.1 Å². The van der Waals surface area contributed by atoms with E-state index >= 15 is 0 Å². The molecule has 0 amide bonds. The minimum Gasteiger partial charge on any atom is -0.399 e. The maximum absolute atomic E-state index is 5.84. The van der Waals surface area contributed by atoms with Crippen LogP contribution >= 0.6 is 0 Å². The molecule has 0 aliphatic carbocycles. The zero-order chi connectivity index (χ0) is 14.5. The number of hydrogen-bond acceptors (Lipinski definition) is 3. The Morgan fingerprint density at radius 2 is 2.00 bits per heavy atom. The van der Waals surface area contributed by atoms with E-state index in [1.54, 1.807) is 0 Å². The fourth-order valence-electron chi connectivity index (χ4n) is 2.46. The summed E-state index contributed by atoms with van der Waals surface area (Å²) < 4.78 is 2.08. The highest BCUT2D eigenvalue weighted by molar-refractivity contribution is 5.40. The maximum atomic E-state index is 5.84. The first-order valence-corrected chi connectivity index (χ1v) is 7.22. The van der Waals surface area contributed by atoms with Gasteiger partial charge in [0.15, 0.2) is 0 Å². The Labute approximate surface area is 121 Å². The number of nitrogen functional groups attached to an aromatic ring is 1. The summed E-state index contributed by atoms with van der Waals surface area (Å²) in [5.41, 5.74) is 10.3. The van der Waals surface area contributed by atoms with E-state index in [1.807, 2.05) is 25.1 Å². The Morgan fingerprint density at radius 3 is 2.65 bits per heavy atom. The first-order valence-electron chi connectivity index (χ1n) is 7.22. The van der Waals surface area contributed by atoms with Crippen molar-refractivity contribution < 1.29 is 0 Å². The van der Waals surface area contributed by atoms with Gasteiger partial charge in [-0.25, -0.2) is 0 Å². The average molecular weight is 272 g/mol. The molecule has 0 spiro atoms. The molecule has 108 valence electrons. The van der Waals surface area contributed by atoms with Crippen LogP contribution in [0.5, 0.6) is 0 Å². The highest BCUT2D eigenvalue weighted by Crippen LogP contribution is 2.13. The molecule has 0 radical (unpaired) electrons. The molecule has 0 atom stereocenters. The molecule has 4 nitrogen and oxygen atoms in total. The Kier molecular flexibility index (Phi) is 4.79. The van der Waals surface area contributed by atoms with Crippen LogP contribution in [0, 0.1) is 6.92 Å². The van der Waals surface area contributed by atoms with Crippen LogP contribution in [0.4, 0.5) is 5.69 Å². The van der Waals surface area contributed by atoms with E-state index in [9.17, 15) is 0 Å². The van der Waals surface area contributed by atoms with Crippen LogP contribution < -0.4 is 5.73 Å². The molecule has 1 aromatic carbocycles. The predicted octanol–water partition coefficient (Wildman–Crippen LogP) is 2.82. The van der Waals surface area contributed by atoms with Crippen LogP contribution in [0.2, 0.25) is 0 Å². The fourth-order valence-corrected chi connectivity index (χ4v) is 2.46. The molecule has 1 aromatic heterocycles. The number of aryl methyl sites for hydroxylation is 2. The summed E-state index contributed by atoms with van der Waals surface area (Å²) in [4.78, 5) is 2.40. The zero-order valence-corrected chi connectivity index (χ0v) is 12.6. The zero-order valence-electron chi connectivity index (χ0n) is 12.6. The van der Waals surface area contributed by atoms with E-state index in [1.165, 1.54) is 11.3 Å². The van der Waals surface area contributed by atoms with Gasteiger partial charge in [0.1, 0.15) is 0 Å². The molecule has 20 heavy (non-hydrogen) atoms. The lowest BCUT2D eigenvalue weighted by molar-refractivity contribution is 0.262. The van der Waals surface area contributed by atoms with Gasteiger partial charge >= 0.3 is 0 Å². The number of rotatable bonds is 6. The van der Waals surface area contributed by atoms with Gasteiger partial charge in [-0.05, 0) is 44.2 Å². The van der Waals surface area contributed by atoms with Gasteiger partial charge in [-0.3, -0.25) is 9.58 Å². The van der Waals surface area contributed by atoms with E-state index in [4.69, 9.17) is 5.73 Å². The molecule has 0 fully saturated rings. The molecular weight excluding hydrogens is 248 g/mol. The summed E-state index contributed by atoms with van der Waals surface area (Å²) in [6.07, 6.45) is 0. The minimum absolute atomic E-state index is 0.827. The van der Waals surface area contributed by atoms with Crippen molar-refractivity contribution in [2.45, 2.75) is 40.4 Å². The molecule has 1 heterocycles. The molecule has 0 saturated carbocycles. The van der Waals surface area contributed by atoms with E-state index < -0.39 is 0 Å². The standard InChI is InChI=1S/C16H24N4/c1-4-19(11-14-7-6-8-15(17)10-14)12-16-9-13(3)18-20(16)5-2/h6-10H,4-5,11-12,17H2,1-3H3. The summed E-state index contributed by atoms with van der Waals surface area (Å²) in [6.45, 7) is 10.1.